The van der Waals surface area contributed by atoms with E-state index in [1.54, 1.807) is 6.07 Å². The monoisotopic (exact) mass is 387 g/mol. The first-order chi connectivity index (χ1) is 12.7. The molecule has 0 bridgehead atoms. The molecule has 142 valence electrons. The van der Waals surface area contributed by atoms with Crippen LogP contribution in [0.4, 0.5) is 5.69 Å². The van der Waals surface area contributed by atoms with Crippen LogP contribution in [0.2, 0.25) is 0 Å². The summed E-state index contributed by atoms with van der Waals surface area (Å²) in [4.78, 5) is 29.0. The second-order valence-electron chi connectivity index (χ2n) is 6.70. The van der Waals surface area contributed by atoms with Crippen molar-refractivity contribution in [3.8, 4) is 0 Å². The average Bonchev–Trinajstić information content (AvgIpc) is 2.96. The molecule has 1 fully saturated rings. The maximum atomic E-state index is 12.5. The van der Waals surface area contributed by atoms with E-state index in [9.17, 15) is 18.0 Å². The highest BCUT2D eigenvalue weighted by molar-refractivity contribution is 7.91. The molecule has 3 rings (SSSR count). The number of anilines is 1. The fraction of sp³-hybridized carbons (Fsp3) is 0.316. The average molecular weight is 387 g/mol. The molecule has 0 radical (unpaired) electrons. The minimum Gasteiger partial charge on any atom is -0.347 e. The fourth-order valence-corrected chi connectivity index (χ4v) is 4.72. The minimum absolute atomic E-state index is 0.0640. The summed E-state index contributed by atoms with van der Waals surface area (Å²) in [6, 6.07) is 9.88. The largest absolute Gasteiger partial charge is 0.347 e. The zero-order valence-electron chi connectivity index (χ0n) is 15.2. The maximum Gasteiger partial charge on any atom is 0.274 e. The van der Waals surface area contributed by atoms with Crippen molar-refractivity contribution in [1.29, 1.82) is 0 Å². The van der Waals surface area contributed by atoms with Crippen molar-refractivity contribution in [2.75, 3.05) is 16.8 Å². The van der Waals surface area contributed by atoms with Crippen molar-refractivity contribution in [2.45, 2.75) is 26.3 Å². The zero-order valence-corrected chi connectivity index (χ0v) is 16.0. The van der Waals surface area contributed by atoms with Crippen LogP contribution < -0.4 is 10.6 Å². The van der Waals surface area contributed by atoms with Gasteiger partial charge in [0.25, 0.3) is 11.8 Å². The van der Waals surface area contributed by atoms with E-state index < -0.39 is 27.7 Å². The van der Waals surface area contributed by atoms with Gasteiger partial charge in [0.05, 0.1) is 11.5 Å². The standard InChI is InChI=1S/C19H21N3O4S/c1-12-5-3-6-13(2)17(12)22-19(24)16-8-4-7-15(21-16)18(23)20-14-9-10-27(25,26)11-14/h3-8,14H,9-11H2,1-2H3,(H,20,23)(H,22,24). The molecular formula is C19H21N3O4S. The SMILES string of the molecule is Cc1cccc(C)c1NC(=O)c1cccc(C(=O)NC2CCS(=O)(=O)C2)n1. The number of benzene rings is 1. The number of nitrogens with one attached hydrogen (secondary N) is 2. The molecule has 0 saturated carbocycles. The summed E-state index contributed by atoms with van der Waals surface area (Å²) < 4.78 is 23.0. The molecule has 27 heavy (non-hydrogen) atoms. The Balaban J connectivity index is 1.73. The topological polar surface area (TPSA) is 105 Å². The summed E-state index contributed by atoms with van der Waals surface area (Å²) >= 11 is 0. The van der Waals surface area contributed by atoms with Crippen LogP contribution >= 0.6 is 0 Å². The Labute approximate surface area is 158 Å². The van der Waals surface area contributed by atoms with Crippen molar-refractivity contribution in [2.24, 2.45) is 0 Å². The van der Waals surface area contributed by atoms with E-state index in [0.29, 0.717) is 6.42 Å². The summed E-state index contributed by atoms with van der Waals surface area (Å²) in [6.07, 6.45) is 0.390. The summed E-state index contributed by atoms with van der Waals surface area (Å²) in [5.41, 5.74) is 2.77. The van der Waals surface area contributed by atoms with E-state index >= 15 is 0 Å². The van der Waals surface area contributed by atoms with E-state index in [4.69, 9.17) is 0 Å². The smallest absolute Gasteiger partial charge is 0.274 e. The van der Waals surface area contributed by atoms with E-state index in [1.807, 2.05) is 32.0 Å². The Bertz CT molecular complexity index is 982. The predicted molar refractivity (Wildman–Crippen MR) is 103 cm³/mol. The van der Waals surface area contributed by atoms with E-state index in [0.717, 1.165) is 16.8 Å². The molecule has 1 aliphatic heterocycles. The highest BCUT2D eigenvalue weighted by atomic mass is 32.2. The summed E-state index contributed by atoms with van der Waals surface area (Å²) in [7, 11) is -3.09. The molecule has 7 nitrogen and oxygen atoms in total. The van der Waals surface area contributed by atoms with Crippen LogP contribution in [0.3, 0.4) is 0 Å². The van der Waals surface area contributed by atoms with Crippen LogP contribution in [-0.2, 0) is 9.84 Å². The molecule has 2 heterocycles. The lowest BCUT2D eigenvalue weighted by Crippen LogP contribution is -2.36. The molecule has 0 aliphatic carbocycles. The third-order valence-electron chi connectivity index (χ3n) is 4.50. The highest BCUT2D eigenvalue weighted by Gasteiger charge is 2.29. The molecule has 1 aromatic heterocycles. The quantitative estimate of drug-likeness (QED) is 0.833. The second-order valence-corrected chi connectivity index (χ2v) is 8.93. The van der Waals surface area contributed by atoms with Gasteiger partial charge in [0.2, 0.25) is 0 Å². The normalized spacial score (nSPS) is 18.1. The lowest BCUT2D eigenvalue weighted by molar-refractivity contribution is 0.0936. The van der Waals surface area contributed by atoms with Gasteiger partial charge in [0.1, 0.15) is 11.4 Å². The van der Waals surface area contributed by atoms with Crippen molar-refractivity contribution < 1.29 is 18.0 Å². The lowest BCUT2D eigenvalue weighted by atomic mass is 10.1. The van der Waals surface area contributed by atoms with Gasteiger partial charge < -0.3 is 10.6 Å². The summed E-state index contributed by atoms with van der Waals surface area (Å²) in [6.45, 7) is 3.80. The van der Waals surface area contributed by atoms with Crippen molar-refractivity contribution in [3.63, 3.8) is 0 Å². The van der Waals surface area contributed by atoms with Gasteiger partial charge in [0.15, 0.2) is 9.84 Å². The number of carbonyl (C=O) groups is 2. The number of nitrogens with zero attached hydrogens (tertiary/aromatic N) is 1. The van der Waals surface area contributed by atoms with E-state index in [1.165, 1.54) is 12.1 Å². The first kappa shape index (κ1) is 19.0. The first-order valence-electron chi connectivity index (χ1n) is 8.61. The van der Waals surface area contributed by atoms with Gasteiger partial charge in [-0.3, -0.25) is 9.59 Å². The van der Waals surface area contributed by atoms with Gasteiger partial charge in [-0.2, -0.15) is 0 Å². The molecule has 1 atom stereocenters. The van der Waals surface area contributed by atoms with E-state index in [-0.39, 0.29) is 22.9 Å². The molecule has 2 amide bonds. The number of carbonyl (C=O) groups excluding carboxylic acids is 2. The molecule has 0 spiro atoms. The molecule has 1 saturated heterocycles. The lowest BCUT2D eigenvalue weighted by Gasteiger charge is -2.12. The van der Waals surface area contributed by atoms with Gasteiger partial charge >= 0.3 is 0 Å². The van der Waals surface area contributed by atoms with Gasteiger partial charge in [-0.05, 0) is 43.5 Å². The number of aryl methyl sites for hydroxylation is 2. The zero-order chi connectivity index (χ0) is 19.6. The van der Waals surface area contributed by atoms with Crippen LogP contribution in [-0.4, -0.2) is 42.8 Å². The number of para-hydroxylation sites is 1. The first-order valence-corrected chi connectivity index (χ1v) is 10.4. The molecular weight excluding hydrogens is 366 g/mol. The number of aromatic nitrogens is 1. The highest BCUT2D eigenvalue weighted by Crippen LogP contribution is 2.20. The predicted octanol–water partition coefficient (Wildman–Crippen LogP) is 1.87. The van der Waals surface area contributed by atoms with Gasteiger partial charge in [-0.1, -0.05) is 24.3 Å². The van der Waals surface area contributed by atoms with Crippen molar-refractivity contribution >= 4 is 27.3 Å². The number of hydrogen-bond acceptors (Lipinski definition) is 5. The molecule has 8 heteroatoms. The molecule has 2 aromatic rings. The minimum atomic E-state index is -3.09. The van der Waals surface area contributed by atoms with Crippen molar-refractivity contribution in [1.82, 2.24) is 10.3 Å². The fourth-order valence-electron chi connectivity index (χ4n) is 3.05. The van der Waals surface area contributed by atoms with Gasteiger partial charge in [0, 0.05) is 11.7 Å². The van der Waals surface area contributed by atoms with E-state index in [2.05, 4.69) is 15.6 Å². The Morgan fingerprint density at radius 1 is 1.00 bits per heavy atom. The molecule has 1 unspecified atom stereocenters. The molecule has 1 aromatic carbocycles. The Kier molecular flexibility index (Phi) is 5.27. The Hall–Kier alpha value is -2.74. The summed E-state index contributed by atoms with van der Waals surface area (Å²) in [5.74, 6) is -0.890. The third kappa shape index (κ3) is 4.51. The Morgan fingerprint density at radius 2 is 1.59 bits per heavy atom. The number of sulfone groups is 1. The third-order valence-corrected chi connectivity index (χ3v) is 6.27. The van der Waals surface area contributed by atoms with Crippen LogP contribution in [0, 0.1) is 13.8 Å². The maximum absolute atomic E-state index is 12.5. The van der Waals surface area contributed by atoms with Crippen LogP contribution in [0.5, 0.6) is 0 Å². The number of rotatable bonds is 4. The Morgan fingerprint density at radius 3 is 2.19 bits per heavy atom. The number of amides is 2. The van der Waals surface area contributed by atoms with Crippen LogP contribution in [0.1, 0.15) is 38.5 Å². The van der Waals surface area contributed by atoms with Crippen molar-refractivity contribution in [3.05, 3.63) is 58.9 Å². The number of hydrogen-bond donors (Lipinski definition) is 2. The van der Waals surface area contributed by atoms with Crippen LogP contribution in [0.15, 0.2) is 36.4 Å². The number of pyridine rings is 1. The van der Waals surface area contributed by atoms with Gasteiger partial charge in [-0.25, -0.2) is 13.4 Å². The second kappa shape index (κ2) is 7.48. The molecule has 1 aliphatic rings. The van der Waals surface area contributed by atoms with Crippen LogP contribution in [0.25, 0.3) is 0 Å². The van der Waals surface area contributed by atoms with Gasteiger partial charge in [-0.15, -0.1) is 0 Å². The summed E-state index contributed by atoms with van der Waals surface area (Å²) in [5, 5.41) is 5.50. The molecule has 2 N–H and O–H groups in total.